The molecular formula is C19H25NO5. The Kier molecular flexibility index (Phi) is 6.31. The van der Waals surface area contributed by atoms with E-state index in [-0.39, 0.29) is 18.7 Å². The molecule has 2 amide bonds. The van der Waals surface area contributed by atoms with Crippen LogP contribution in [0.5, 0.6) is 0 Å². The summed E-state index contributed by atoms with van der Waals surface area (Å²) < 4.78 is 10.8. The fourth-order valence-corrected chi connectivity index (χ4v) is 2.55. The number of imide groups is 1. The number of ether oxygens (including phenoxy) is 2. The van der Waals surface area contributed by atoms with Gasteiger partial charge in [0.25, 0.3) is 0 Å². The van der Waals surface area contributed by atoms with E-state index >= 15 is 0 Å². The van der Waals surface area contributed by atoms with E-state index in [1.807, 2.05) is 30.3 Å². The van der Waals surface area contributed by atoms with E-state index < -0.39 is 23.5 Å². The molecule has 1 aliphatic rings. The minimum atomic E-state index is -0.694. The van der Waals surface area contributed by atoms with Crippen LogP contribution in [-0.4, -0.2) is 41.4 Å². The normalized spacial score (nSPS) is 18.4. The number of Topliss-reactive ketones (excluding diaryl/α,β-unsaturated/α-hetero) is 1. The van der Waals surface area contributed by atoms with Crippen LogP contribution in [0.2, 0.25) is 0 Å². The first-order valence-electron chi connectivity index (χ1n) is 8.44. The molecule has 1 heterocycles. The molecule has 0 spiro atoms. The Morgan fingerprint density at radius 2 is 1.88 bits per heavy atom. The molecule has 0 saturated carbocycles. The maximum atomic E-state index is 12.1. The van der Waals surface area contributed by atoms with Crippen molar-refractivity contribution in [2.24, 2.45) is 5.92 Å². The molecule has 1 aliphatic heterocycles. The third kappa shape index (κ3) is 5.98. The molecule has 136 valence electrons. The van der Waals surface area contributed by atoms with Crippen molar-refractivity contribution < 1.29 is 23.9 Å². The van der Waals surface area contributed by atoms with Gasteiger partial charge in [-0.15, -0.1) is 0 Å². The van der Waals surface area contributed by atoms with Crippen molar-refractivity contribution in [1.29, 1.82) is 0 Å². The van der Waals surface area contributed by atoms with Crippen molar-refractivity contribution in [2.75, 3.05) is 13.2 Å². The standard InChI is InChI=1S/C19H25NO5/c1-19(2,3)25-18(23)20-12-15(16(21)11-17(20)22)9-10-24-13-14-7-5-4-6-8-14/h4-8,15H,9-13H2,1-3H3. The quantitative estimate of drug-likeness (QED) is 0.605. The van der Waals surface area contributed by atoms with Crippen LogP contribution in [0.25, 0.3) is 0 Å². The Morgan fingerprint density at radius 1 is 1.20 bits per heavy atom. The first-order valence-corrected chi connectivity index (χ1v) is 8.44. The molecule has 1 saturated heterocycles. The lowest BCUT2D eigenvalue weighted by atomic mass is 9.93. The average molecular weight is 347 g/mol. The number of ketones is 1. The molecule has 6 heteroatoms. The van der Waals surface area contributed by atoms with Crippen LogP contribution in [0.1, 0.15) is 39.2 Å². The predicted octanol–water partition coefficient (Wildman–Crippen LogP) is 2.95. The SMILES string of the molecule is CC(C)(C)OC(=O)N1CC(CCOCc2ccccc2)C(=O)CC1=O. The maximum Gasteiger partial charge on any atom is 0.417 e. The Balaban J connectivity index is 1.84. The number of likely N-dealkylation sites (tertiary alicyclic amines) is 1. The molecule has 6 nitrogen and oxygen atoms in total. The number of piperidine rings is 1. The fraction of sp³-hybridized carbons (Fsp3) is 0.526. The number of carbonyl (C=O) groups is 3. The molecule has 1 aromatic rings. The van der Waals surface area contributed by atoms with Gasteiger partial charge in [-0.05, 0) is 32.8 Å². The highest BCUT2D eigenvalue weighted by Gasteiger charge is 2.37. The monoisotopic (exact) mass is 347 g/mol. The second kappa shape index (κ2) is 8.25. The van der Waals surface area contributed by atoms with Gasteiger partial charge < -0.3 is 9.47 Å². The van der Waals surface area contributed by atoms with Gasteiger partial charge in [-0.1, -0.05) is 30.3 Å². The molecule has 0 aromatic heterocycles. The van der Waals surface area contributed by atoms with E-state index in [9.17, 15) is 14.4 Å². The lowest BCUT2D eigenvalue weighted by molar-refractivity contribution is -0.142. The van der Waals surface area contributed by atoms with E-state index in [1.54, 1.807) is 20.8 Å². The average Bonchev–Trinajstić information content (AvgIpc) is 2.52. The van der Waals surface area contributed by atoms with E-state index in [4.69, 9.17) is 9.47 Å². The largest absolute Gasteiger partial charge is 0.443 e. The van der Waals surface area contributed by atoms with Gasteiger partial charge in [0.15, 0.2) is 0 Å². The van der Waals surface area contributed by atoms with Gasteiger partial charge in [0.1, 0.15) is 11.4 Å². The topological polar surface area (TPSA) is 72.9 Å². The second-order valence-electron chi connectivity index (χ2n) is 7.15. The summed E-state index contributed by atoms with van der Waals surface area (Å²) in [4.78, 5) is 37.2. The van der Waals surface area contributed by atoms with Gasteiger partial charge >= 0.3 is 6.09 Å². The second-order valence-corrected chi connectivity index (χ2v) is 7.15. The molecule has 0 bridgehead atoms. The fourth-order valence-electron chi connectivity index (χ4n) is 2.55. The van der Waals surface area contributed by atoms with E-state index in [0.717, 1.165) is 10.5 Å². The van der Waals surface area contributed by atoms with Crippen LogP contribution in [0, 0.1) is 5.92 Å². The zero-order chi connectivity index (χ0) is 18.4. The summed E-state index contributed by atoms with van der Waals surface area (Å²) in [6, 6.07) is 9.75. The third-order valence-electron chi connectivity index (χ3n) is 3.82. The maximum absolute atomic E-state index is 12.1. The zero-order valence-corrected chi connectivity index (χ0v) is 15.0. The number of benzene rings is 1. The number of hydrogen-bond acceptors (Lipinski definition) is 5. The summed E-state index contributed by atoms with van der Waals surface area (Å²) in [5.41, 5.74) is 0.371. The Labute approximate surface area is 148 Å². The molecule has 25 heavy (non-hydrogen) atoms. The summed E-state index contributed by atoms with van der Waals surface area (Å²) in [5.74, 6) is -1.05. The van der Waals surface area contributed by atoms with Crippen molar-refractivity contribution in [3.05, 3.63) is 35.9 Å². The third-order valence-corrected chi connectivity index (χ3v) is 3.82. The predicted molar refractivity (Wildman–Crippen MR) is 91.8 cm³/mol. The minimum absolute atomic E-state index is 0.0568. The number of carbonyl (C=O) groups excluding carboxylic acids is 3. The first kappa shape index (κ1) is 19.1. The van der Waals surface area contributed by atoms with Crippen LogP contribution in [0.15, 0.2) is 30.3 Å². The van der Waals surface area contributed by atoms with E-state index in [1.165, 1.54) is 0 Å². The molecular weight excluding hydrogens is 322 g/mol. The smallest absolute Gasteiger partial charge is 0.417 e. The highest BCUT2D eigenvalue weighted by Crippen LogP contribution is 2.20. The molecule has 2 rings (SSSR count). The minimum Gasteiger partial charge on any atom is -0.443 e. The molecule has 1 unspecified atom stereocenters. The molecule has 0 aliphatic carbocycles. The molecule has 1 fully saturated rings. The van der Waals surface area contributed by atoms with Gasteiger partial charge in [0, 0.05) is 19.1 Å². The lowest BCUT2D eigenvalue weighted by Crippen LogP contribution is -2.49. The van der Waals surface area contributed by atoms with Gasteiger partial charge in [0.2, 0.25) is 5.91 Å². The van der Waals surface area contributed by atoms with Crippen LogP contribution >= 0.6 is 0 Å². The highest BCUT2D eigenvalue weighted by molar-refractivity contribution is 6.06. The Bertz CT molecular complexity index is 620. The lowest BCUT2D eigenvalue weighted by Gasteiger charge is -2.31. The van der Waals surface area contributed by atoms with Crippen LogP contribution in [-0.2, 0) is 25.7 Å². The molecule has 1 atom stereocenters. The van der Waals surface area contributed by atoms with Crippen LogP contribution in [0.4, 0.5) is 4.79 Å². The summed E-state index contributed by atoms with van der Waals surface area (Å²) in [5, 5.41) is 0. The van der Waals surface area contributed by atoms with E-state index in [0.29, 0.717) is 19.6 Å². The Hall–Kier alpha value is -2.21. The first-order chi connectivity index (χ1) is 11.8. The van der Waals surface area contributed by atoms with Crippen molar-refractivity contribution in [1.82, 2.24) is 4.90 Å². The molecule has 1 aromatic carbocycles. The van der Waals surface area contributed by atoms with Gasteiger partial charge in [-0.2, -0.15) is 0 Å². The van der Waals surface area contributed by atoms with Crippen molar-refractivity contribution in [2.45, 2.75) is 45.8 Å². The number of amides is 2. The zero-order valence-electron chi connectivity index (χ0n) is 15.0. The number of nitrogens with zero attached hydrogens (tertiary/aromatic N) is 1. The summed E-state index contributed by atoms with van der Waals surface area (Å²) in [6.07, 6.45) is -0.485. The van der Waals surface area contributed by atoms with Gasteiger partial charge in [-0.25, -0.2) is 9.69 Å². The summed E-state index contributed by atoms with van der Waals surface area (Å²) in [6.45, 7) is 6.12. The Morgan fingerprint density at radius 3 is 2.52 bits per heavy atom. The van der Waals surface area contributed by atoms with Crippen LogP contribution in [0.3, 0.4) is 0 Å². The number of hydrogen-bond donors (Lipinski definition) is 0. The van der Waals surface area contributed by atoms with Gasteiger partial charge in [-0.3, -0.25) is 9.59 Å². The summed E-state index contributed by atoms with van der Waals surface area (Å²) in [7, 11) is 0. The van der Waals surface area contributed by atoms with E-state index in [2.05, 4.69) is 0 Å². The van der Waals surface area contributed by atoms with Crippen molar-refractivity contribution in [3.8, 4) is 0 Å². The van der Waals surface area contributed by atoms with Gasteiger partial charge in [0.05, 0.1) is 13.0 Å². The summed E-state index contributed by atoms with van der Waals surface area (Å²) >= 11 is 0. The molecule has 0 radical (unpaired) electrons. The molecule has 0 N–H and O–H groups in total. The van der Waals surface area contributed by atoms with Crippen molar-refractivity contribution >= 4 is 17.8 Å². The van der Waals surface area contributed by atoms with Crippen molar-refractivity contribution in [3.63, 3.8) is 0 Å². The number of rotatable bonds is 5. The van der Waals surface area contributed by atoms with Crippen LogP contribution < -0.4 is 0 Å². The highest BCUT2D eigenvalue weighted by atomic mass is 16.6.